The lowest BCUT2D eigenvalue weighted by Gasteiger charge is -2.08. The van der Waals surface area contributed by atoms with Crippen LogP contribution in [0.25, 0.3) is 10.9 Å². The van der Waals surface area contributed by atoms with E-state index in [0.29, 0.717) is 21.5 Å². The van der Waals surface area contributed by atoms with Crippen molar-refractivity contribution in [1.29, 1.82) is 5.26 Å². The van der Waals surface area contributed by atoms with E-state index in [1.807, 2.05) is 19.1 Å². The highest BCUT2D eigenvalue weighted by Crippen LogP contribution is 2.21. The Bertz CT molecular complexity index is 1130. The number of hydrogen-bond acceptors (Lipinski definition) is 7. The first-order valence-electron chi connectivity index (χ1n) is 7.87. The number of aromatic nitrogens is 2. The van der Waals surface area contributed by atoms with Crippen LogP contribution in [0.2, 0.25) is 0 Å². The SMILES string of the molecule is Cc1cccc2c(=O)n(CC(=O)OCC(=O)Nc3sccc3C#N)cnc12. The molecule has 0 saturated heterocycles. The fourth-order valence-electron chi connectivity index (χ4n) is 2.44. The van der Waals surface area contributed by atoms with Crippen LogP contribution in [0.3, 0.4) is 0 Å². The minimum Gasteiger partial charge on any atom is -0.454 e. The van der Waals surface area contributed by atoms with E-state index < -0.39 is 18.5 Å². The number of nitrogens with zero attached hydrogens (tertiary/aromatic N) is 3. The molecule has 0 atom stereocenters. The van der Waals surface area contributed by atoms with Gasteiger partial charge in [0.2, 0.25) is 0 Å². The third-order valence-corrected chi connectivity index (χ3v) is 4.59. The van der Waals surface area contributed by atoms with Gasteiger partial charge in [0, 0.05) is 0 Å². The Morgan fingerprint density at radius 2 is 2.19 bits per heavy atom. The summed E-state index contributed by atoms with van der Waals surface area (Å²) in [6, 6.07) is 8.75. The zero-order valence-corrected chi connectivity index (χ0v) is 15.1. The Labute approximate surface area is 157 Å². The lowest BCUT2D eigenvalue weighted by Crippen LogP contribution is -2.28. The first kappa shape index (κ1) is 18.3. The highest BCUT2D eigenvalue weighted by molar-refractivity contribution is 7.14. The fourth-order valence-corrected chi connectivity index (χ4v) is 3.19. The maximum Gasteiger partial charge on any atom is 0.326 e. The summed E-state index contributed by atoms with van der Waals surface area (Å²) >= 11 is 1.19. The second-order valence-corrected chi connectivity index (χ2v) is 6.55. The molecule has 0 unspecified atom stereocenters. The minimum atomic E-state index is -0.743. The molecule has 136 valence electrons. The van der Waals surface area contributed by atoms with Crippen LogP contribution in [0, 0.1) is 18.3 Å². The van der Waals surface area contributed by atoms with Crippen LogP contribution >= 0.6 is 11.3 Å². The Morgan fingerprint density at radius 1 is 1.37 bits per heavy atom. The minimum absolute atomic E-state index is 0.337. The highest BCUT2D eigenvalue weighted by Gasteiger charge is 2.13. The van der Waals surface area contributed by atoms with Crippen LogP contribution in [0.5, 0.6) is 0 Å². The van der Waals surface area contributed by atoms with Crippen molar-refractivity contribution in [3.63, 3.8) is 0 Å². The molecule has 0 bridgehead atoms. The highest BCUT2D eigenvalue weighted by atomic mass is 32.1. The number of carbonyl (C=O) groups excluding carboxylic acids is 2. The monoisotopic (exact) mass is 382 g/mol. The molecule has 3 rings (SSSR count). The van der Waals surface area contributed by atoms with Gasteiger partial charge in [-0.05, 0) is 30.0 Å². The van der Waals surface area contributed by atoms with E-state index in [2.05, 4.69) is 10.3 Å². The van der Waals surface area contributed by atoms with E-state index in [1.54, 1.807) is 23.6 Å². The summed E-state index contributed by atoms with van der Waals surface area (Å²) < 4.78 is 6.04. The third kappa shape index (κ3) is 4.02. The van der Waals surface area contributed by atoms with Crippen LogP contribution < -0.4 is 10.9 Å². The van der Waals surface area contributed by atoms with Crippen molar-refractivity contribution < 1.29 is 14.3 Å². The van der Waals surface area contributed by atoms with Gasteiger partial charge in [0.05, 0.1) is 22.8 Å². The van der Waals surface area contributed by atoms with E-state index in [-0.39, 0.29) is 12.1 Å². The summed E-state index contributed by atoms with van der Waals surface area (Å²) in [5, 5.41) is 13.9. The standard InChI is InChI=1S/C18H14N4O4S/c1-11-3-2-4-13-16(11)20-10-22(18(13)25)8-15(24)26-9-14(23)21-17-12(7-19)5-6-27-17/h2-6,10H,8-9H2,1H3,(H,21,23). The first-order chi connectivity index (χ1) is 13.0. The van der Waals surface area contributed by atoms with Gasteiger partial charge in [0.25, 0.3) is 11.5 Å². The van der Waals surface area contributed by atoms with Crippen molar-refractivity contribution >= 4 is 39.1 Å². The smallest absolute Gasteiger partial charge is 0.326 e. The van der Waals surface area contributed by atoms with Gasteiger partial charge in [-0.25, -0.2) is 4.98 Å². The summed E-state index contributed by atoms with van der Waals surface area (Å²) in [5.41, 5.74) is 1.42. The quantitative estimate of drug-likeness (QED) is 0.673. The predicted molar refractivity (Wildman–Crippen MR) is 99.4 cm³/mol. The fraction of sp³-hybridized carbons (Fsp3) is 0.167. The number of carbonyl (C=O) groups is 2. The molecule has 9 heteroatoms. The number of ether oxygens (including phenoxy) is 1. The number of para-hydroxylation sites is 1. The topological polar surface area (TPSA) is 114 Å². The van der Waals surface area contributed by atoms with Gasteiger partial charge in [-0.15, -0.1) is 11.3 Å². The molecule has 27 heavy (non-hydrogen) atoms. The van der Waals surface area contributed by atoms with Crippen molar-refractivity contribution in [3.8, 4) is 6.07 Å². The van der Waals surface area contributed by atoms with E-state index >= 15 is 0 Å². The molecule has 1 N–H and O–H groups in total. The molecule has 0 aliphatic rings. The van der Waals surface area contributed by atoms with Gasteiger partial charge < -0.3 is 10.1 Å². The summed E-state index contributed by atoms with van der Waals surface area (Å²) in [7, 11) is 0. The second-order valence-electron chi connectivity index (χ2n) is 5.63. The van der Waals surface area contributed by atoms with Crippen LogP contribution in [0.15, 0.2) is 40.8 Å². The number of hydrogen-bond donors (Lipinski definition) is 1. The number of fused-ring (bicyclic) bond motifs is 1. The number of esters is 1. The number of amides is 1. The van der Waals surface area contributed by atoms with Crippen LogP contribution in [-0.4, -0.2) is 28.0 Å². The zero-order chi connectivity index (χ0) is 19.4. The molecule has 0 aliphatic heterocycles. The van der Waals surface area contributed by atoms with Gasteiger partial charge in [0.15, 0.2) is 6.61 Å². The molecule has 2 heterocycles. The van der Waals surface area contributed by atoms with E-state index in [9.17, 15) is 14.4 Å². The normalized spacial score (nSPS) is 10.4. The molecule has 8 nitrogen and oxygen atoms in total. The van der Waals surface area contributed by atoms with Crippen LogP contribution in [-0.2, 0) is 20.9 Å². The summed E-state index contributed by atoms with van der Waals surface area (Å²) in [4.78, 5) is 40.4. The maximum absolute atomic E-state index is 12.4. The largest absolute Gasteiger partial charge is 0.454 e. The predicted octanol–water partition coefficient (Wildman–Crippen LogP) is 1.82. The number of nitriles is 1. The van der Waals surface area contributed by atoms with Gasteiger partial charge in [-0.1, -0.05) is 12.1 Å². The Hall–Kier alpha value is -3.51. The van der Waals surface area contributed by atoms with Gasteiger partial charge in [0.1, 0.15) is 17.6 Å². The van der Waals surface area contributed by atoms with Crippen molar-refractivity contribution in [2.24, 2.45) is 0 Å². The molecule has 0 aliphatic carbocycles. The molecule has 0 saturated carbocycles. The summed E-state index contributed by atoms with van der Waals surface area (Å²) in [6.07, 6.45) is 1.28. The average Bonchev–Trinajstić information content (AvgIpc) is 3.10. The van der Waals surface area contributed by atoms with E-state index in [1.165, 1.54) is 17.7 Å². The number of thiophene rings is 1. The maximum atomic E-state index is 12.4. The van der Waals surface area contributed by atoms with E-state index in [4.69, 9.17) is 10.00 Å². The van der Waals surface area contributed by atoms with Crippen molar-refractivity contribution in [2.75, 3.05) is 11.9 Å². The van der Waals surface area contributed by atoms with Gasteiger partial charge in [-0.3, -0.25) is 19.0 Å². The van der Waals surface area contributed by atoms with Crippen molar-refractivity contribution in [2.45, 2.75) is 13.5 Å². The number of nitrogens with one attached hydrogen (secondary N) is 1. The van der Waals surface area contributed by atoms with Gasteiger partial charge >= 0.3 is 5.97 Å². The molecule has 1 amide bonds. The average molecular weight is 382 g/mol. The first-order valence-corrected chi connectivity index (χ1v) is 8.75. The lowest BCUT2D eigenvalue weighted by atomic mass is 10.1. The summed E-state index contributed by atoms with van der Waals surface area (Å²) in [5.74, 6) is -1.31. The Kier molecular flexibility index (Phi) is 5.28. The Morgan fingerprint density at radius 3 is 2.96 bits per heavy atom. The molecule has 2 aromatic heterocycles. The van der Waals surface area contributed by atoms with E-state index in [0.717, 1.165) is 10.1 Å². The third-order valence-electron chi connectivity index (χ3n) is 3.76. The van der Waals surface area contributed by atoms with Crippen LogP contribution in [0.4, 0.5) is 5.00 Å². The number of rotatable bonds is 5. The zero-order valence-electron chi connectivity index (χ0n) is 14.3. The molecular weight excluding hydrogens is 368 g/mol. The molecule has 1 aromatic carbocycles. The number of anilines is 1. The van der Waals surface area contributed by atoms with Crippen molar-refractivity contribution in [1.82, 2.24) is 9.55 Å². The van der Waals surface area contributed by atoms with Gasteiger partial charge in [-0.2, -0.15) is 5.26 Å². The molecular formula is C18H14N4O4S. The number of benzene rings is 1. The lowest BCUT2D eigenvalue weighted by molar-refractivity contribution is -0.147. The Balaban J connectivity index is 1.62. The second kappa shape index (κ2) is 7.80. The summed E-state index contributed by atoms with van der Waals surface area (Å²) in [6.45, 7) is 0.971. The molecule has 0 spiro atoms. The number of aryl methyl sites for hydroxylation is 1. The molecule has 0 radical (unpaired) electrons. The molecule has 3 aromatic rings. The molecule has 0 fully saturated rings. The van der Waals surface area contributed by atoms with Crippen LogP contribution in [0.1, 0.15) is 11.1 Å². The van der Waals surface area contributed by atoms with Crippen molar-refractivity contribution in [3.05, 3.63) is 57.5 Å².